The Hall–Kier alpha value is -4.64. The van der Waals surface area contributed by atoms with E-state index in [0.29, 0.717) is 60.3 Å². The van der Waals surface area contributed by atoms with E-state index in [-0.39, 0.29) is 29.5 Å². The molecule has 4 aromatic rings. The molecule has 3 amide bonds. The van der Waals surface area contributed by atoms with Gasteiger partial charge < -0.3 is 19.6 Å². The molecule has 1 saturated heterocycles. The second-order valence-corrected chi connectivity index (χ2v) is 10.5. The van der Waals surface area contributed by atoms with Crippen molar-refractivity contribution in [3.63, 3.8) is 0 Å². The lowest BCUT2D eigenvalue weighted by atomic mass is 9.95. The van der Waals surface area contributed by atoms with Crippen LogP contribution in [0.5, 0.6) is 0 Å². The molecule has 7 rings (SSSR count). The zero-order valence-electron chi connectivity index (χ0n) is 21.4. The van der Waals surface area contributed by atoms with E-state index in [9.17, 15) is 19.2 Å². The van der Waals surface area contributed by atoms with Crippen LogP contribution < -0.4 is 10.6 Å². The number of benzene rings is 1. The number of likely N-dealkylation sites (tertiary alicyclic amines) is 1. The highest BCUT2D eigenvalue weighted by atomic mass is 19.1. The van der Waals surface area contributed by atoms with Crippen molar-refractivity contribution in [2.45, 2.75) is 32.0 Å². The molecule has 1 aromatic carbocycles. The van der Waals surface area contributed by atoms with Gasteiger partial charge in [0.05, 0.1) is 28.6 Å². The number of halogens is 1. The van der Waals surface area contributed by atoms with Gasteiger partial charge in [0, 0.05) is 49.7 Å². The van der Waals surface area contributed by atoms with Gasteiger partial charge in [-0.1, -0.05) is 18.2 Å². The Kier molecular flexibility index (Phi) is 5.63. The minimum Gasteiger partial charge on any atom is -0.341 e. The predicted octanol–water partition coefficient (Wildman–Crippen LogP) is 1.90. The van der Waals surface area contributed by atoms with Crippen molar-refractivity contribution < 1.29 is 23.6 Å². The number of aldehydes is 1. The molecule has 202 valence electrons. The summed E-state index contributed by atoms with van der Waals surface area (Å²) in [6, 6.07) is 9.68. The standard InChI is InChI=1S/C29H25FN6O4/c30-22-11-19-18(24-25(28(39)33-27(24)38)21-13-32-23-3-1-2-8-35(21)23)5-4-17-12-31-20(14-36(22)26(17)19)29(40)34-9-6-16(15-37)7-10-34/h1-5,8,11,13,15-16,20,31H,6-7,9-10,12,14H2,(H,33,38,39). The van der Waals surface area contributed by atoms with Gasteiger partial charge in [-0.15, -0.1) is 0 Å². The van der Waals surface area contributed by atoms with Crippen molar-refractivity contribution in [1.82, 2.24) is 29.5 Å². The van der Waals surface area contributed by atoms with Crippen molar-refractivity contribution in [3.8, 4) is 0 Å². The molecular formula is C29H25FN6O4. The number of nitrogens with zero attached hydrogens (tertiary/aromatic N) is 4. The maximum atomic E-state index is 15.6. The number of imide groups is 1. The van der Waals surface area contributed by atoms with E-state index in [1.807, 2.05) is 6.07 Å². The Balaban J connectivity index is 1.31. The first-order valence-corrected chi connectivity index (χ1v) is 13.3. The van der Waals surface area contributed by atoms with Crippen LogP contribution >= 0.6 is 0 Å². The number of hydrogen-bond acceptors (Lipinski definition) is 6. The zero-order valence-corrected chi connectivity index (χ0v) is 21.4. The first-order valence-electron chi connectivity index (χ1n) is 13.3. The van der Waals surface area contributed by atoms with Gasteiger partial charge in [-0.3, -0.25) is 24.1 Å². The molecule has 0 aliphatic carbocycles. The van der Waals surface area contributed by atoms with Gasteiger partial charge in [0.2, 0.25) is 5.91 Å². The third kappa shape index (κ3) is 3.69. The molecule has 10 nitrogen and oxygen atoms in total. The number of carbonyl (C=O) groups is 4. The number of aromatic nitrogens is 3. The summed E-state index contributed by atoms with van der Waals surface area (Å²) in [6.45, 7) is 1.38. The van der Waals surface area contributed by atoms with Crippen molar-refractivity contribution in [1.29, 1.82) is 0 Å². The number of imidazole rings is 1. The van der Waals surface area contributed by atoms with Crippen LogP contribution in [0.2, 0.25) is 0 Å². The first kappa shape index (κ1) is 24.4. The third-order valence-corrected chi connectivity index (χ3v) is 8.21. The highest BCUT2D eigenvalue weighted by Crippen LogP contribution is 2.38. The topological polar surface area (TPSA) is 118 Å². The number of hydrogen-bond donors (Lipinski definition) is 2. The van der Waals surface area contributed by atoms with Crippen LogP contribution in [0.4, 0.5) is 4.39 Å². The van der Waals surface area contributed by atoms with E-state index >= 15 is 4.39 Å². The minimum absolute atomic E-state index is 0.0326. The maximum absolute atomic E-state index is 15.6. The molecule has 0 saturated carbocycles. The molecule has 3 aromatic heterocycles. The van der Waals surface area contributed by atoms with E-state index in [2.05, 4.69) is 15.6 Å². The molecule has 1 fully saturated rings. The third-order valence-electron chi connectivity index (χ3n) is 8.21. The second kappa shape index (κ2) is 9.23. The summed E-state index contributed by atoms with van der Waals surface area (Å²) >= 11 is 0. The fraction of sp³-hybridized carbons (Fsp3) is 0.276. The summed E-state index contributed by atoms with van der Waals surface area (Å²) < 4.78 is 18.8. The maximum Gasteiger partial charge on any atom is 0.261 e. The van der Waals surface area contributed by atoms with Crippen LogP contribution in [0.25, 0.3) is 27.7 Å². The van der Waals surface area contributed by atoms with E-state index in [1.54, 1.807) is 46.0 Å². The summed E-state index contributed by atoms with van der Waals surface area (Å²) in [6.07, 6.45) is 5.50. The van der Waals surface area contributed by atoms with Crippen LogP contribution in [-0.4, -0.2) is 62.0 Å². The fourth-order valence-electron chi connectivity index (χ4n) is 6.16. The normalized spacial score (nSPS) is 19.9. The van der Waals surface area contributed by atoms with Gasteiger partial charge in [-0.2, -0.15) is 4.39 Å². The summed E-state index contributed by atoms with van der Waals surface area (Å²) in [5.74, 6) is -1.80. The van der Waals surface area contributed by atoms with E-state index in [1.165, 1.54) is 10.6 Å². The van der Waals surface area contributed by atoms with Crippen molar-refractivity contribution in [2.24, 2.45) is 5.92 Å². The lowest BCUT2D eigenvalue weighted by molar-refractivity contribution is -0.136. The number of carbonyl (C=O) groups excluding carboxylic acids is 4. The van der Waals surface area contributed by atoms with Gasteiger partial charge in [-0.05, 0) is 36.1 Å². The molecule has 0 bridgehead atoms. The minimum atomic E-state index is -0.655. The number of amides is 3. The Bertz CT molecular complexity index is 1780. The number of rotatable bonds is 4. The molecule has 6 heterocycles. The Morgan fingerprint density at radius 2 is 1.88 bits per heavy atom. The number of fused-ring (bicyclic) bond motifs is 1. The number of pyridine rings is 1. The first-order chi connectivity index (χ1) is 19.4. The molecule has 2 N–H and O–H groups in total. The highest BCUT2D eigenvalue weighted by Gasteiger charge is 2.36. The fourth-order valence-corrected chi connectivity index (χ4v) is 6.16. The molecule has 3 aliphatic rings. The summed E-state index contributed by atoms with van der Waals surface area (Å²) in [5, 5.41) is 6.16. The Morgan fingerprint density at radius 3 is 2.67 bits per heavy atom. The average Bonchev–Trinajstić information content (AvgIpc) is 3.57. The second-order valence-electron chi connectivity index (χ2n) is 10.5. The summed E-state index contributed by atoms with van der Waals surface area (Å²) in [4.78, 5) is 56.8. The average molecular weight is 541 g/mol. The van der Waals surface area contributed by atoms with Crippen LogP contribution in [0.1, 0.15) is 29.7 Å². The van der Waals surface area contributed by atoms with Gasteiger partial charge >= 0.3 is 0 Å². The van der Waals surface area contributed by atoms with Gasteiger partial charge in [0.25, 0.3) is 11.8 Å². The lowest BCUT2D eigenvalue weighted by Crippen LogP contribution is -2.50. The number of nitrogens with one attached hydrogen (secondary N) is 2. The van der Waals surface area contributed by atoms with E-state index in [0.717, 1.165) is 11.8 Å². The Morgan fingerprint density at radius 1 is 1.07 bits per heavy atom. The van der Waals surface area contributed by atoms with Crippen molar-refractivity contribution in [2.75, 3.05) is 13.1 Å². The monoisotopic (exact) mass is 540 g/mol. The lowest BCUT2D eigenvalue weighted by Gasteiger charge is -2.32. The highest BCUT2D eigenvalue weighted by molar-refractivity contribution is 6.49. The van der Waals surface area contributed by atoms with Crippen LogP contribution in [0.3, 0.4) is 0 Å². The van der Waals surface area contributed by atoms with Crippen LogP contribution in [0, 0.1) is 11.9 Å². The van der Waals surface area contributed by atoms with Crippen LogP contribution in [-0.2, 0) is 32.3 Å². The number of piperidine rings is 1. The molecule has 0 spiro atoms. The summed E-state index contributed by atoms with van der Waals surface area (Å²) in [5.41, 5.74) is 3.20. The van der Waals surface area contributed by atoms with Gasteiger partial charge in [0.15, 0.2) is 5.95 Å². The summed E-state index contributed by atoms with van der Waals surface area (Å²) in [7, 11) is 0. The predicted molar refractivity (Wildman–Crippen MR) is 143 cm³/mol. The van der Waals surface area contributed by atoms with Crippen molar-refractivity contribution in [3.05, 3.63) is 71.6 Å². The zero-order chi connectivity index (χ0) is 27.5. The molecule has 40 heavy (non-hydrogen) atoms. The van der Waals surface area contributed by atoms with E-state index < -0.39 is 23.8 Å². The molecular weight excluding hydrogens is 515 g/mol. The molecule has 0 radical (unpaired) electrons. The van der Waals surface area contributed by atoms with Gasteiger partial charge in [0.1, 0.15) is 18.0 Å². The SMILES string of the molecule is O=CC1CCN(C(=O)C2Cn3c(F)cc4c(C5=C(c6cnc7ccccn67)C(=O)NC5=O)ccc(c43)CN2)CC1. The Labute approximate surface area is 227 Å². The quantitative estimate of drug-likeness (QED) is 0.302. The molecule has 1 unspecified atom stereocenters. The molecule has 3 aliphatic heterocycles. The molecule has 1 atom stereocenters. The van der Waals surface area contributed by atoms with Gasteiger partial charge in [-0.25, -0.2) is 4.98 Å². The van der Waals surface area contributed by atoms with E-state index in [4.69, 9.17) is 0 Å². The van der Waals surface area contributed by atoms with Crippen LogP contribution in [0.15, 0.2) is 48.8 Å². The largest absolute Gasteiger partial charge is 0.341 e. The smallest absolute Gasteiger partial charge is 0.261 e. The molecule has 11 heteroatoms. The van der Waals surface area contributed by atoms with Crippen molar-refractivity contribution >= 4 is 51.7 Å².